The van der Waals surface area contributed by atoms with Crippen LogP contribution in [-0.2, 0) is 38.0 Å². The third-order valence-corrected chi connectivity index (χ3v) is 12.2. The minimum atomic E-state index is -1.78. The van der Waals surface area contributed by atoms with Crippen LogP contribution in [0.5, 0.6) is 0 Å². The fraction of sp³-hybridized carbons (Fsp3) is 0.745. The molecular weight excluding hydrogens is 901 g/mol. The fourth-order valence-corrected chi connectivity index (χ4v) is 7.82. The van der Waals surface area contributed by atoms with Gasteiger partial charge in [-0.05, 0) is 83.5 Å². The summed E-state index contributed by atoms with van der Waals surface area (Å²) in [7, 11) is 0. The van der Waals surface area contributed by atoms with Gasteiger partial charge >= 0.3 is 11.9 Å². The smallest absolute Gasteiger partial charge is 0.306 e. The number of unbranched alkanes of at least 4 members (excludes halogenated alkanes) is 14. The van der Waals surface area contributed by atoms with Crippen LogP contribution in [0.4, 0.5) is 0 Å². The first-order valence-corrected chi connectivity index (χ1v) is 26.5. The molecule has 0 aromatic carbocycles. The van der Waals surface area contributed by atoms with Crippen molar-refractivity contribution in [3.8, 4) is 0 Å². The van der Waals surface area contributed by atoms with Crippen LogP contribution in [0.25, 0.3) is 0 Å². The Hall–Kier alpha value is -3.06. The normalized spacial score (nSPS) is 26.0. The Bertz CT molecular complexity index is 1490. The molecule has 0 spiro atoms. The van der Waals surface area contributed by atoms with E-state index in [9.17, 15) is 45.3 Å². The monoisotopic (exact) mass is 993 g/mol. The third kappa shape index (κ3) is 28.8. The van der Waals surface area contributed by atoms with E-state index in [1.54, 1.807) is 0 Å². The molecule has 402 valence electrons. The molecule has 0 aliphatic carbocycles. The predicted molar refractivity (Wildman–Crippen MR) is 270 cm³/mol. The number of rotatable bonds is 40. The van der Waals surface area contributed by atoms with Crippen LogP contribution in [-0.4, -0.2) is 142 Å². The van der Waals surface area contributed by atoms with Crippen molar-refractivity contribution < 1.29 is 73.8 Å². The highest BCUT2D eigenvalue weighted by atomic mass is 16.7. The summed E-state index contributed by atoms with van der Waals surface area (Å²) < 4.78 is 33.5. The van der Waals surface area contributed by atoms with Gasteiger partial charge in [0.15, 0.2) is 18.7 Å². The summed E-state index contributed by atoms with van der Waals surface area (Å²) in [6.45, 7) is 2.39. The molecule has 2 aliphatic rings. The molecule has 2 aliphatic heterocycles. The zero-order valence-electron chi connectivity index (χ0n) is 42.5. The second-order valence-electron chi connectivity index (χ2n) is 18.3. The molecule has 4 unspecified atom stereocenters. The molecule has 0 radical (unpaired) electrons. The van der Waals surface area contributed by atoms with Crippen LogP contribution in [0.3, 0.4) is 0 Å². The molecule has 11 atom stereocenters. The molecule has 2 saturated heterocycles. The predicted octanol–water partition coefficient (Wildman–Crippen LogP) is 7.82. The lowest BCUT2D eigenvalue weighted by Gasteiger charge is -2.42. The van der Waals surface area contributed by atoms with Gasteiger partial charge in [0.1, 0.15) is 55.4 Å². The number of carbonyl (C=O) groups excluding carboxylic acids is 2. The number of hydrogen-bond acceptors (Lipinski definition) is 15. The zero-order valence-corrected chi connectivity index (χ0v) is 42.5. The number of hydrogen-bond donors (Lipinski definition) is 7. The summed E-state index contributed by atoms with van der Waals surface area (Å²) in [6.07, 6.45) is 32.1. The van der Waals surface area contributed by atoms with Gasteiger partial charge in [0.25, 0.3) is 0 Å². The van der Waals surface area contributed by atoms with Crippen LogP contribution >= 0.6 is 0 Å². The number of aliphatic hydroxyl groups excluding tert-OH is 7. The topological polar surface area (TPSA) is 231 Å². The van der Waals surface area contributed by atoms with E-state index >= 15 is 0 Å². The molecular formula is C55H92O15. The van der Waals surface area contributed by atoms with Gasteiger partial charge in [-0.2, -0.15) is 0 Å². The van der Waals surface area contributed by atoms with Crippen LogP contribution < -0.4 is 0 Å². The van der Waals surface area contributed by atoms with Gasteiger partial charge in [0.05, 0.1) is 19.8 Å². The van der Waals surface area contributed by atoms with Gasteiger partial charge in [-0.1, -0.05) is 145 Å². The molecule has 15 heteroatoms. The van der Waals surface area contributed by atoms with Crippen LogP contribution in [0, 0.1) is 0 Å². The maximum absolute atomic E-state index is 13.0. The molecule has 0 saturated carbocycles. The minimum absolute atomic E-state index is 0.109. The van der Waals surface area contributed by atoms with Crippen LogP contribution in [0.15, 0.2) is 72.9 Å². The Morgan fingerprint density at radius 2 is 0.900 bits per heavy atom. The van der Waals surface area contributed by atoms with Crippen molar-refractivity contribution in [2.75, 3.05) is 26.4 Å². The second kappa shape index (κ2) is 41.4. The van der Waals surface area contributed by atoms with E-state index in [2.05, 4.69) is 86.8 Å². The summed E-state index contributed by atoms with van der Waals surface area (Å²) >= 11 is 0. The second-order valence-corrected chi connectivity index (χ2v) is 18.3. The summed E-state index contributed by atoms with van der Waals surface area (Å²) in [5.74, 6) is -0.983. The van der Waals surface area contributed by atoms with E-state index in [0.29, 0.717) is 12.8 Å². The quantitative estimate of drug-likeness (QED) is 0.0176. The number of ether oxygens (including phenoxy) is 6. The minimum Gasteiger partial charge on any atom is -0.462 e. The summed E-state index contributed by atoms with van der Waals surface area (Å²) in [6, 6.07) is 0. The first-order chi connectivity index (χ1) is 34.0. The summed E-state index contributed by atoms with van der Waals surface area (Å²) in [5.41, 5.74) is 0. The lowest BCUT2D eigenvalue weighted by molar-refractivity contribution is -0.332. The first-order valence-electron chi connectivity index (χ1n) is 26.5. The molecule has 2 heterocycles. The SMILES string of the molecule is CC/C=C/C/C=C/C/C=C/C/C=C/CCCCC(=O)O[C@@H](COC(=O)CCCCCCCCCCC/C=C/C/C=C/CCCCC)CO[C@@H]1O[C@H](CO[C@@H]2O[C@H](CO)[C@H](O)C(O)C2O)[C@H](O)C(O)C1O. The molecule has 15 nitrogen and oxygen atoms in total. The van der Waals surface area contributed by atoms with Crippen LogP contribution in [0.2, 0.25) is 0 Å². The molecule has 2 fully saturated rings. The van der Waals surface area contributed by atoms with E-state index in [0.717, 1.165) is 70.6 Å². The van der Waals surface area contributed by atoms with Crippen molar-refractivity contribution in [2.24, 2.45) is 0 Å². The summed E-state index contributed by atoms with van der Waals surface area (Å²) in [4.78, 5) is 25.8. The van der Waals surface area contributed by atoms with Gasteiger partial charge in [0.2, 0.25) is 0 Å². The zero-order chi connectivity index (χ0) is 51.0. The largest absolute Gasteiger partial charge is 0.462 e. The molecule has 0 amide bonds. The maximum Gasteiger partial charge on any atom is 0.306 e. The van der Waals surface area contributed by atoms with Gasteiger partial charge in [-0.25, -0.2) is 0 Å². The fourth-order valence-electron chi connectivity index (χ4n) is 7.82. The molecule has 0 aromatic rings. The maximum atomic E-state index is 13.0. The molecule has 0 bridgehead atoms. The van der Waals surface area contributed by atoms with Gasteiger partial charge in [-0.3, -0.25) is 9.59 Å². The highest BCUT2D eigenvalue weighted by Crippen LogP contribution is 2.26. The average Bonchev–Trinajstić information content (AvgIpc) is 3.35. The van der Waals surface area contributed by atoms with Crippen molar-refractivity contribution >= 4 is 11.9 Å². The van der Waals surface area contributed by atoms with Gasteiger partial charge in [-0.15, -0.1) is 0 Å². The van der Waals surface area contributed by atoms with Gasteiger partial charge in [0, 0.05) is 12.8 Å². The lowest BCUT2D eigenvalue weighted by atomic mass is 9.98. The number of esters is 2. The molecule has 7 N–H and O–H groups in total. The Kier molecular flexibility index (Phi) is 37.3. The highest BCUT2D eigenvalue weighted by Gasteiger charge is 2.47. The number of allylic oxidation sites excluding steroid dienone is 12. The van der Waals surface area contributed by atoms with Gasteiger partial charge < -0.3 is 64.2 Å². The van der Waals surface area contributed by atoms with E-state index in [1.165, 1.54) is 57.8 Å². The molecule has 2 rings (SSSR count). The lowest BCUT2D eigenvalue weighted by Crippen LogP contribution is -2.61. The number of carbonyl (C=O) groups is 2. The van der Waals surface area contributed by atoms with Crippen molar-refractivity contribution in [1.29, 1.82) is 0 Å². The molecule has 70 heavy (non-hydrogen) atoms. The van der Waals surface area contributed by atoms with Crippen molar-refractivity contribution in [3.63, 3.8) is 0 Å². The first kappa shape index (κ1) is 63.1. The highest BCUT2D eigenvalue weighted by molar-refractivity contribution is 5.70. The Morgan fingerprint density at radius 3 is 1.44 bits per heavy atom. The Morgan fingerprint density at radius 1 is 0.471 bits per heavy atom. The summed E-state index contributed by atoms with van der Waals surface area (Å²) in [5, 5.41) is 72.1. The Balaban J connectivity index is 1.81. The van der Waals surface area contributed by atoms with E-state index in [1.807, 2.05) is 0 Å². The van der Waals surface area contributed by atoms with Crippen LogP contribution in [0.1, 0.15) is 168 Å². The number of aliphatic hydroxyl groups is 7. The van der Waals surface area contributed by atoms with Crippen molar-refractivity contribution in [2.45, 2.75) is 235 Å². The molecule has 0 aromatic heterocycles. The van der Waals surface area contributed by atoms with E-state index < -0.39 is 99.3 Å². The third-order valence-electron chi connectivity index (χ3n) is 12.2. The van der Waals surface area contributed by atoms with E-state index in [4.69, 9.17) is 28.4 Å². The van der Waals surface area contributed by atoms with Crippen molar-refractivity contribution in [3.05, 3.63) is 72.9 Å². The Labute approximate surface area is 419 Å². The van der Waals surface area contributed by atoms with Crippen molar-refractivity contribution in [1.82, 2.24) is 0 Å². The standard InChI is InChI=1S/C55H92O15/c1-3-5-7-9-11-13-15-17-19-20-21-22-24-25-27-29-31-33-35-37-46(57)65-40-43(68-47(58)38-36-34-32-30-28-26-23-18-16-14-12-10-8-6-4-2)41-66-54-53(64)51(62)49(60)45(70-54)42-67-55-52(63)50(61)48(59)44(39-56)69-55/h6,8,11-14,17-19,23,28,30,43-45,48-56,59-64H,3-5,7,9-10,15-16,20-22,24-27,29,31-42H2,1-2H3/b8-6+,13-11+,14-12+,19-17+,23-18+,30-28+/t43-,44+,45+,48-,49-,50?,51?,52?,53?,54+,55+/m0/s1. The average molecular weight is 993 g/mol. The van der Waals surface area contributed by atoms with E-state index in [-0.39, 0.29) is 19.4 Å².